The van der Waals surface area contributed by atoms with E-state index in [-0.39, 0.29) is 5.95 Å². The van der Waals surface area contributed by atoms with Crippen LogP contribution < -0.4 is 0 Å². The van der Waals surface area contributed by atoms with Crippen molar-refractivity contribution in [1.29, 1.82) is 0 Å². The summed E-state index contributed by atoms with van der Waals surface area (Å²) in [4.78, 5) is 1.19. The number of ether oxygens (including phenoxy) is 1. The number of nitrogens with zero attached hydrogens (tertiary/aromatic N) is 4. The highest BCUT2D eigenvalue weighted by molar-refractivity contribution is 7.91. The van der Waals surface area contributed by atoms with Crippen molar-refractivity contribution < 1.29 is 48.8 Å². The number of H-pyrrole nitrogens is 1. The molecule has 1 aromatic heterocycles. The van der Waals surface area contributed by atoms with E-state index in [4.69, 9.17) is 9.29 Å². The number of fused-ring (bicyclic) bond motifs is 1. The van der Waals surface area contributed by atoms with Crippen molar-refractivity contribution >= 4 is 36.3 Å². The van der Waals surface area contributed by atoms with E-state index in [1.165, 1.54) is 0 Å². The second-order valence-electron chi connectivity index (χ2n) is 5.45. The van der Waals surface area contributed by atoms with Gasteiger partial charge >= 0.3 is 10.1 Å². The first-order valence-electron chi connectivity index (χ1n) is 7.17. The van der Waals surface area contributed by atoms with Crippen molar-refractivity contribution in [1.82, 2.24) is 15.2 Å². The van der Waals surface area contributed by atoms with Crippen LogP contribution in [0, 0.1) is 0 Å². The summed E-state index contributed by atoms with van der Waals surface area (Å²) in [5.74, 6) is -1.54. The van der Waals surface area contributed by atoms with E-state index in [2.05, 4.69) is 25.4 Å². The van der Waals surface area contributed by atoms with Crippen LogP contribution in [-0.2, 0) is 35.1 Å². The van der Waals surface area contributed by atoms with Crippen molar-refractivity contribution in [2.24, 2.45) is 10.2 Å². The molecule has 16 nitrogen and oxygen atoms in total. The topological polar surface area (TPSA) is 259 Å². The first-order valence-corrected chi connectivity index (χ1v) is 11.5. The predicted molar refractivity (Wildman–Crippen MR) is 93.3 cm³/mol. The maximum Gasteiger partial charge on any atom is 0.330 e. The Labute approximate surface area is 167 Å². The van der Waals surface area contributed by atoms with E-state index in [1.807, 2.05) is 0 Å². The molecule has 0 spiro atoms. The fourth-order valence-electron chi connectivity index (χ4n) is 2.36. The number of hydrogen-bond acceptors (Lipinski definition) is 12. The Balaban J connectivity index is 2.31. The summed E-state index contributed by atoms with van der Waals surface area (Å²) in [6.45, 7) is 0. The molecule has 1 aromatic rings. The first kappa shape index (κ1) is 21.7. The van der Waals surface area contributed by atoms with Gasteiger partial charge in [-0.05, 0) is 12.2 Å². The molecule has 0 aromatic carbocycles. The molecule has 1 atom stereocenters. The van der Waals surface area contributed by atoms with Crippen LogP contribution >= 0.6 is 0 Å². The summed E-state index contributed by atoms with van der Waals surface area (Å²) in [5.41, 5.74) is -1.94. The number of aromatic nitrogens is 3. The number of nitrogens with one attached hydrogen (secondary N) is 1. The highest BCUT2D eigenvalue weighted by Crippen LogP contribution is 2.41. The van der Waals surface area contributed by atoms with Crippen LogP contribution in [-0.4, -0.2) is 65.3 Å². The van der Waals surface area contributed by atoms with Gasteiger partial charge in [-0.15, -0.1) is 10.2 Å². The third kappa shape index (κ3) is 4.15. The van der Waals surface area contributed by atoms with Crippen molar-refractivity contribution in [3.8, 4) is 0 Å². The highest BCUT2D eigenvalue weighted by atomic mass is 32.2. The molecular formula is C11H9N5O11S3. The smallest absolute Gasteiger partial charge is 0.330 e. The molecule has 162 valence electrons. The normalized spacial score (nSPS) is 20.7. The minimum atomic E-state index is -5.26. The van der Waals surface area contributed by atoms with Crippen LogP contribution in [0.15, 0.2) is 60.6 Å². The Morgan fingerprint density at radius 3 is 2.17 bits per heavy atom. The lowest BCUT2D eigenvalue weighted by atomic mass is 10.00. The number of hydrogen-bond donors (Lipinski definition) is 5. The Morgan fingerprint density at radius 2 is 1.67 bits per heavy atom. The van der Waals surface area contributed by atoms with Gasteiger partial charge in [0, 0.05) is 0 Å². The van der Waals surface area contributed by atoms with Gasteiger partial charge in [-0.2, -0.15) is 35.3 Å². The lowest BCUT2D eigenvalue weighted by Gasteiger charge is -2.29. The fourth-order valence-corrected chi connectivity index (χ4v) is 4.37. The molecule has 30 heavy (non-hydrogen) atoms. The van der Waals surface area contributed by atoms with E-state index in [0.29, 0.717) is 12.2 Å². The van der Waals surface area contributed by atoms with Gasteiger partial charge in [-0.3, -0.25) is 13.7 Å². The van der Waals surface area contributed by atoms with Crippen molar-refractivity contribution in [3.63, 3.8) is 0 Å². The molecule has 0 fully saturated rings. The van der Waals surface area contributed by atoms with E-state index in [9.17, 15) is 39.5 Å². The summed E-state index contributed by atoms with van der Waals surface area (Å²) in [6, 6.07) is 0. The fraction of sp³-hybridized carbons (Fsp3) is 0.0909. The van der Waals surface area contributed by atoms with Crippen LogP contribution in [0.25, 0.3) is 0 Å². The van der Waals surface area contributed by atoms with Crippen molar-refractivity contribution in [2.75, 3.05) is 0 Å². The summed E-state index contributed by atoms with van der Waals surface area (Å²) >= 11 is 0. The minimum absolute atomic E-state index is 0.291. The molecule has 3 rings (SSSR count). The number of aromatic amines is 1. The molecule has 0 bridgehead atoms. The zero-order chi connectivity index (χ0) is 22.5. The largest absolute Gasteiger partial charge is 0.505 e. The van der Waals surface area contributed by atoms with Gasteiger partial charge in [-0.25, -0.2) is 5.10 Å². The molecule has 1 aliphatic carbocycles. The lowest BCUT2D eigenvalue weighted by molar-refractivity contribution is 0.178. The van der Waals surface area contributed by atoms with Crippen molar-refractivity contribution in [2.45, 2.75) is 6.10 Å². The molecule has 1 unspecified atom stereocenters. The number of rotatable bonds is 5. The molecule has 19 heteroatoms. The number of allylic oxidation sites excluding steroid dienone is 1. The van der Waals surface area contributed by atoms with Crippen LogP contribution in [0.4, 0.5) is 5.95 Å². The van der Waals surface area contributed by atoms with E-state index in [0.717, 1.165) is 6.33 Å². The van der Waals surface area contributed by atoms with E-state index in [1.54, 1.807) is 0 Å². The van der Waals surface area contributed by atoms with Gasteiger partial charge in [0.05, 0.1) is 10.5 Å². The van der Waals surface area contributed by atoms with E-state index >= 15 is 0 Å². The number of azo groups is 1. The lowest BCUT2D eigenvalue weighted by Crippen LogP contribution is -2.30. The van der Waals surface area contributed by atoms with Gasteiger partial charge in [-0.1, -0.05) is 0 Å². The molecule has 0 amide bonds. The standard InChI is InChI=1S/C11H9N5O11S3/c17-9-7-5(1-4(28(18,19)20)2-6(7)29(21,22)23)27-10(30(24,25)26)8(9)14-16-11-12-3-13-15-11/h1-3,5,17H,(H,12,13,15)(H,18,19,20)(H,21,22,23)(H,24,25,26). The predicted octanol–water partition coefficient (Wildman–Crippen LogP) is -0.287. The van der Waals surface area contributed by atoms with Gasteiger partial charge in [0.25, 0.3) is 31.3 Å². The number of aliphatic hydroxyl groups is 1. The monoisotopic (exact) mass is 483 g/mol. The Hall–Kier alpha value is -2.97. The summed E-state index contributed by atoms with van der Waals surface area (Å²) in [5, 5.41) is 21.4. The molecule has 2 aliphatic rings. The van der Waals surface area contributed by atoms with Crippen LogP contribution in [0.5, 0.6) is 0 Å². The second-order valence-corrected chi connectivity index (χ2v) is 9.58. The quantitative estimate of drug-likeness (QED) is 0.267. The SMILES string of the molecule is O=S(=O)(O)C1=CC2OC(S(=O)(=O)O)=C(N=Nc3ncn[nH]3)C(O)=C2C(S(=O)(=O)O)=C1. The molecule has 2 heterocycles. The molecule has 5 N–H and O–H groups in total. The third-order valence-corrected chi connectivity index (χ3v) is 6.00. The van der Waals surface area contributed by atoms with Gasteiger partial charge in [0.1, 0.15) is 17.3 Å². The second kappa shape index (κ2) is 7.07. The van der Waals surface area contributed by atoms with Crippen molar-refractivity contribution in [3.05, 3.63) is 50.4 Å². The van der Waals surface area contributed by atoms with Gasteiger partial charge in [0.2, 0.25) is 0 Å². The third-order valence-electron chi connectivity index (χ3n) is 3.50. The first-order chi connectivity index (χ1) is 13.7. The average molecular weight is 483 g/mol. The summed E-state index contributed by atoms with van der Waals surface area (Å²) < 4.78 is 102. The Morgan fingerprint density at radius 1 is 1.00 bits per heavy atom. The minimum Gasteiger partial charge on any atom is -0.505 e. The average Bonchev–Trinajstić information content (AvgIpc) is 3.10. The molecule has 0 saturated carbocycles. The summed E-state index contributed by atoms with van der Waals surface area (Å²) in [6.07, 6.45) is -0.185. The van der Waals surface area contributed by atoms with Crippen LogP contribution in [0.2, 0.25) is 0 Å². The van der Waals surface area contributed by atoms with E-state index < -0.39 is 68.4 Å². The van der Waals surface area contributed by atoms with Gasteiger partial charge < -0.3 is 9.84 Å². The molecular weight excluding hydrogens is 474 g/mol. The molecule has 1 aliphatic heterocycles. The summed E-state index contributed by atoms with van der Waals surface area (Å²) in [7, 11) is -15.6. The zero-order valence-corrected chi connectivity index (χ0v) is 16.4. The highest BCUT2D eigenvalue weighted by Gasteiger charge is 2.43. The molecule has 0 radical (unpaired) electrons. The van der Waals surface area contributed by atoms with Crippen LogP contribution in [0.1, 0.15) is 0 Å². The molecule has 0 saturated heterocycles. The Bertz CT molecular complexity index is 1380. The number of aliphatic hydroxyl groups excluding tert-OH is 1. The zero-order valence-electron chi connectivity index (χ0n) is 14.0. The van der Waals surface area contributed by atoms with Crippen LogP contribution in [0.3, 0.4) is 0 Å². The Kier molecular flexibility index (Phi) is 5.12. The maximum absolute atomic E-state index is 11.7. The maximum atomic E-state index is 11.7. The van der Waals surface area contributed by atoms with Gasteiger partial charge in [0.15, 0.2) is 11.5 Å².